The fraction of sp³-hybridized carbons (Fsp3) is 0.273. The van der Waals surface area contributed by atoms with Crippen molar-refractivity contribution >= 4 is 11.9 Å². The van der Waals surface area contributed by atoms with Crippen LogP contribution in [0.3, 0.4) is 0 Å². The minimum absolute atomic E-state index is 0.0385. The van der Waals surface area contributed by atoms with Crippen molar-refractivity contribution in [2.45, 2.75) is 6.42 Å². The van der Waals surface area contributed by atoms with Crippen molar-refractivity contribution in [2.24, 2.45) is 0 Å². The standard InChI is InChI=1S/C11H12FNO5/c12-8-3-1-2-4-9(8)17-6-5-10(14)13-18-7-11(15)16/h1-4H,5-7H2,(H,13,14)(H,15,16). The van der Waals surface area contributed by atoms with Crippen LogP contribution in [0.25, 0.3) is 0 Å². The highest BCUT2D eigenvalue weighted by Crippen LogP contribution is 2.15. The summed E-state index contributed by atoms with van der Waals surface area (Å²) in [6, 6.07) is 5.81. The molecule has 18 heavy (non-hydrogen) atoms. The van der Waals surface area contributed by atoms with Crippen LogP contribution in [0, 0.1) is 5.82 Å². The van der Waals surface area contributed by atoms with E-state index >= 15 is 0 Å². The Kier molecular flexibility index (Phi) is 5.59. The van der Waals surface area contributed by atoms with Gasteiger partial charge < -0.3 is 9.84 Å². The van der Waals surface area contributed by atoms with Gasteiger partial charge in [-0.15, -0.1) is 0 Å². The highest BCUT2D eigenvalue weighted by molar-refractivity contribution is 5.75. The lowest BCUT2D eigenvalue weighted by Gasteiger charge is -2.07. The molecule has 0 saturated carbocycles. The van der Waals surface area contributed by atoms with Gasteiger partial charge >= 0.3 is 5.97 Å². The molecule has 0 heterocycles. The molecule has 1 aromatic rings. The molecule has 0 aliphatic carbocycles. The highest BCUT2D eigenvalue weighted by Gasteiger charge is 2.05. The van der Waals surface area contributed by atoms with E-state index in [1.165, 1.54) is 18.2 Å². The number of benzene rings is 1. The third-order valence-electron chi connectivity index (χ3n) is 1.80. The number of carbonyl (C=O) groups excluding carboxylic acids is 1. The second-order valence-electron chi connectivity index (χ2n) is 3.24. The Morgan fingerprint density at radius 3 is 2.72 bits per heavy atom. The van der Waals surface area contributed by atoms with Crippen molar-refractivity contribution in [1.82, 2.24) is 5.48 Å². The average molecular weight is 257 g/mol. The smallest absolute Gasteiger partial charge is 0.332 e. The molecule has 0 aliphatic heterocycles. The monoisotopic (exact) mass is 257 g/mol. The molecule has 0 atom stereocenters. The molecule has 7 heteroatoms. The van der Waals surface area contributed by atoms with Crippen LogP contribution in [-0.2, 0) is 14.4 Å². The fourth-order valence-corrected chi connectivity index (χ4v) is 1.04. The van der Waals surface area contributed by atoms with E-state index in [0.717, 1.165) is 0 Å². The topological polar surface area (TPSA) is 84.9 Å². The molecule has 1 aromatic carbocycles. The van der Waals surface area contributed by atoms with Crippen molar-refractivity contribution in [1.29, 1.82) is 0 Å². The van der Waals surface area contributed by atoms with Gasteiger partial charge in [0.2, 0.25) is 5.91 Å². The molecule has 0 fully saturated rings. The summed E-state index contributed by atoms with van der Waals surface area (Å²) >= 11 is 0. The van der Waals surface area contributed by atoms with Crippen molar-refractivity contribution in [3.05, 3.63) is 30.1 Å². The molecule has 0 radical (unpaired) electrons. The maximum Gasteiger partial charge on any atom is 0.332 e. The summed E-state index contributed by atoms with van der Waals surface area (Å²) in [5.41, 5.74) is 1.92. The Morgan fingerprint density at radius 1 is 1.33 bits per heavy atom. The molecule has 0 unspecified atom stereocenters. The molecule has 0 saturated heterocycles. The minimum atomic E-state index is -1.20. The number of halogens is 1. The van der Waals surface area contributed by atoms with Gasteiger partial charge in [-0.05, 0) is 12.1 Å². The fourth-order valence-electron chi connectivity index (χ4n) is 1.04. The normalized spacial score (nSPS) is 9.83. The number of aliphatic carboxylic acids is 1. The number of amides is 1. The first-order chi connectivity index (χ1) is 8.59. The first-order valence-corrected chi connectivity index (χ1v) is 5.09. The predicted molar refractivity (Wildman–Crippen MR) is 58.2 cm³/mol. The Bertz CT molecular complexity index is 424. The maximum atomic E-state index is 13.1. The third-order valence-corrected chi connectivity index (χ3v) is 1.80. The largest absolute Gasteiger partial charge is 0.490 e. The van der Waals surface area contributed by atoms with E-state index in [1.54, 1.807) is 6.07 Å². The van der Waals surface area contributed by atoms with E-state index in [2.05, 4.69) is 4.84 Å². The van der Waals surface area contributed by atoms with E-state index in [-0.39, 0.29) is 18.8 Å². The van der Waals surface area contributed by atoms with Crippen molar-refractivity contribution in [3.8, 4) is 5.75 Å². The van der Waals surface area contributed by atoms with Crippen LogP contribution in [0.4, 0.5) is 4.39 Å². The van der Waals surface area contributed by atoms with E-state index in [9.17, 15) is 14.0 Å². The Labute approximate surface area is 102 Å². The number of hydrogen-bond acceptors (Lipinski definition) is 4. The van der Waals surface area contributed by atoms with Crippen molar-refractivity contribution < 1.29 is 28.7 Å². The van der Waals surface area contributed by atoms with Crippen LogP contribution in [0.15, 0.2) is 24.3 Å². The number of rotatable bonds is 7. The van der Waals surface area contributed by atoms with Gasteiger partial charge in [0.1, 0.15) is 0 Å². The van der Waals surface area contributed by atoms with Crippen molar-refractivity contribution in [3.63, 3.8) is 0 Å². The van der Waals surface area contributed by atoms with Crippen LogP contribution >= 0.6 is 0 Å². The summed E-state index contributed by atoms with van der Waals surface area (Å²) in [6.45, 7) is -0.664. The molecule has 6 nitrogen and oxygen atoms in total. The number of nitrogens with one attached hydrogen (secondary N) is 1. The zero-order valence-corrected chi connectivity index (χ0v) is 9.39. The molecule has 0 spiro atoms. The zero-order chi connectivity index (χ0) is 13.4. The molecule has 0 aromatic heterocycles. The average Bonchev–Trinajstić information content (AvgIpc) is 2.31. The van der Waals surface area contributed by atoms with Crippen LogP contribution < -0.4 is 10.2 Å². The molecule has 0 aliphatic rings. The Morgan fingerprint density at radius 2 is 2.06 bits per heavy atom. The van der Waals surface area contributed by atoms with Crippen LogP contribution in [0.2, 0.25) is 0 Å². The summed E-state index contributed by atoms with van der Waals surface area (Å²) < 4.78 is 18.1. The highest BCUT2D eigenvalue weighted by atomic mass is 19.1. The van der Waals surface area contributed by atoms with Gasteiger partial charge in [0.25, 0.3) is 0 Å². The van der Waals surface area contributed by atoms with Crippen LogP contribution in [0.5, 0.6) is 5.75 Å². The van der Waals surface area contributed by atoms with Gasteiger partial charge in [0, 0.05) is 0 Å². The van der Waals surface area contributed by atoms with Crippen LogP contribution in [-0.4, -0.2) is 30.2 Å². The second-order valence-corrected chi connectivity index (χ2v) is 3.24. The SMILES string of the molecule is O=C(O)CONC(=O)CCOc1ccccc1F. The summed E-state index contributed by atoms with van der Waals surface area (Å²) in [4.78, 5) is 25.5. The Balaban J connectivity index is 2.20. The number of hydrogen-bond donors (Lipinski definition) is 2. The summed E-state index contributed by atoms with van der Waals surface area (Å²) in [6.07, 6.45) is -0.0754. The molecular formula is C11H12FNO5. The zero-order valence-electron chi connectivity index (χ0n) is 9.39. The maximum absolute atomic E-state index is 13.1. The van der Waals surface area contributed by atoms with E-state index in [4.69, 9.17) is 9.84 Å². The lowest BCUT2D eigenvalue weighted by atomic mass is 10.3. The van der Waals surface area contributed by atoms with E-state index < -0.39 is 24.3 Å². The molecule has 1 amide bonds. The molecule has 98 valence electrons. The minimum Gasteiger partial charge on any atom is -0.490 e. The van der Waals surface area contributed by atoms with Gasteiger partial charge in [-0.3, -0.25) is 9.63 Å². The number of ether oxygens (including phenoxy) is 1. The molecule has 1 rings (SSSR count). The van der Waals surface area contributed by atoms with Gasteiger partial charge in [-0.2, -0.15) is 0 Å². The van der Waals surface area contributed by atoms with E-state index in [1.807, 2.05) is 5.48 Å². The summed E-state index contributed by atoms with van der Waals surface area (Å²) in [5.74, 6) is -2.21. The Hall–Kier alpha value is -2.15. The van der Waals surface area contributed by atoms with Crippen molar-refractivity contribution in [2.75, 3.05) is 13.2 Å². The first kappa shape index (κ1) is 13.9. The van der Waals surface area contributed by atoms with Crippen LogP contribution in [0.1, 0.15) is 6.42 Å². The van der Waals surface area contributed by atoms with Gasteiger partial charge in [-0.1, -0.05) is 12.1 Å². The lowest BCUT2D eigenvalue weighted by molar-refractivity contribution is -0.149. The van der Waals surface area contributed by atoms with E-state index in [0.29, 0.717) is 0 Å². The van der Waals surface area contributed by atoms with Gasteiger partial charge in [-0.25, -0.2) is 14.7 Å². The van der Waals surface area contributed by atoms with Gasteiger partial charge in [0.15, 0.2) is 18.2 Å². The lowest BCUT2D eigenvalue weighted by Crippen LogP contribution is -2.27. The molecular weight excluding hydrogens is 245 g/mol. The summed E-state index contributed by atoms with van der Waals surface area (Å²) in [7, 11) is 0. The van der Waals surface area contributed by atoms with Gasteiger partial charge in [0.05, 0.1) is 13.0 Å². The number of hydroxylamine groups is 1. The number of carbonyl (C=O) groups is 2. The third kappa shape index (κ3) is 5.26. The number of carboxylic acid groups (broad SMARTS) is 1. The number of para-hydroxylation sites is 1. The predicted octanol–water partition coefficient (Wildman–Crippen LogP) is 0.727. The quantitative estimate of drug-likeness (QED) is 0.703. The number of carboxylic acids is 1. The first-order valence-electron chi connectivity index (χ1n) is 5.09. The molecule has 2 N–H and O–H groups in total. The molecule has 0 bridgehead atoms. The second kappa shape index (κ2) is 7.23. The summed E-state index contributed by atoms with van der Waals surface area (Å²) in [5, 5.41) is 8.24.